The fourth-order valence-electron chi connectivity index (χ4n) is 3.31. The number of halogens is 1. The van der Waals surface area contributed by atoms with E-state index < -0.39 is 0 Å². The summed E-state index contributed by atoms with van der Waals surface area (Å²) in [5.74, 6) is -0.192. The number of anilines is 1. The molecule has 0 saturated carbocycles. The van der Waals surface area contributed by atoms with Gasteiger partial charge in [0.1, 0.15) is 0 Å². The number of carbonyl (C=O) groups is 2. The molecule has 4 rings (SSSR count). The van der Waals surface area contributed by atoms with Crippen LogP contribution in [0.15, 0.2) is 84.9 Å². The summed E-state index contributed by atoms with van der Waals surface area (Å²) in [6, 6.07) is 25.1. The molecule has 0 aliphatic rings. The van der Waals surface area contributed by atoms with E-state index in [4.69, 9.17) is 11.6 Å². The number of hydrogen-bond donors (Lipinski definition) is 1. The van der Waals surface area contributed by atoms with Gasteiger partial charge in [-0.25, -0.2) is 0 Å². The minimum Gasteiger partial charge on any atom is -0.305 e. The van der Waals surface area contributed by atoms with Crippen LogP contribution in [0, 0.1) is 6.92 Å². The van der Waals surface area contributed by atoms with Crippen molar-refractivity contribution in [3.8, 4) is 0 Å². The molecule has 5 nitrogen and oxygen atoms in total. The van der Waals surface area contributed by atoms with Gasteiger partial charge in [0.25, 0.3) is 5.91 Å². The molecule has 0 aliphatic carbocycles. The summed E-state index contributed by atoms with van der Waals surface area (Å²) >= 11 is 5.92. The van der Waals surface area contributed by atoms with Crippen LogP contribution in [-0.2, 0) is 6.54 Å². The van der Waals surface area contributed by atoms with Crippen molar-refractivity contribution < 1.29 is 9.59 Å². The number of nitrogens with one attached hydrogen (secondary N) is 1. The normalized spacial score (nSPS) is 10.6. The van der Waals surface area contributed by atoms with Crippen molar-refractivity contribution in [2.24, 2.45) is 0 Å². The van der Waals surface area contributed by atoms with Crippen LogP contribution in [0.1, 0.15) is 37.5 Å². The molecule has 0 spiro atoms. The van der Waals surface area contributed by atoms with E-state index in [1.165, 1.54) is 0 Å². The number of aryl methyl sites for hydroxylation is 1. The van der Waals surface area contributed by atoms with Gasteiger partial charge in [0.2, 0.25) is 0 Å². The highest BCUT2D eigenvalue weighted by Gasteiger charge is 2.19. The maximum Gasteiger partial charge on any atom is 0.257 e. The van der Waals surface area contributed by atoms with E-state index in [1.807, 2.05) is 48.0 Å². The molecule has 3 aromatic carbocycles. The van der Waals surface area contributed by atoms with E-state index in [1.54, 1.807) is 48.5 Å². The summed E-state index contributed by atoms with van der Waals surface area (Å²) < 4.78 is 1.83. The third kappa shape index (κ3) is 4.73. The first-order valence-electron chi connectivity index (χ1n) is 9.80. The van der Waals surface area contributed by atoms with Crippen molar-refractivity contribution in [3.05, 3.63) is 118 Å². The molecule has 0 radical (unpaired) electrons. The lowest BCUT2D eigenvalue weighted by molar-refractivity contribution is 0.0996. The van der Waals surface area contributed by atoms with Crippen LogP contribution in [0.25, 0.3) is 0 Å². The standard InChI is InChI=1S/C25H20ClN3O2/c1-17-15-23(28-29(17)16-18-7-3-2-4-8-18)27-25(31)22-10-6-5-9-21(22)24(30)19-11-13-20(26)14-12-19/h2-15H,16H2,1H3,(H,27,28,31). The van der Waals surface area contributed by atoms with Crippen LogP contribution in [-0.4, -0.2) is 21.5 Å². The summed E-state index contributed by atoms with van der Waals surface area (Å²) in [4.78, 5) is 25.9. The van der Waals surface area contributed by atoms with Gasteiger partial charge in [-0.1, -0.05) is 60.1 Å². The fourth-order valence-corrected chi connectivity index (χ4v) is 3.43. The monoisotopic (exact) mass is 429 g/mol. The molecule has 1 amide bonds. The first kappa shape index (κ1) is 20.6. The third-order valence-electron chi connectivity index (χ3n) is 4.92. The zero-order valence-corrected chi connectivity index (χ0v) is 17.6. The van der Waals surface area contributed by atoms with E-state index in [0.717, 1.165) is 11.3 Å². The topological polar surface area (TPSA) is 64.0 Å². The van der Waals surface area contributed by atoms with Crippen LogP contribution in [0.3, 0.4) is 0 Å². The summed E-state index contributed by atoms with van der Waals surface area (Å²) in [6.45, 7) is 2.54. The van der Waals surface area contributed by atoms with Crippen molar-refractivity contribution in [2.75, 3.05) is 5.32 Å². The Bertz CT molecular complexity index is 1230. The average Bonchev–Trinajstić information content (AvgIpc) is 3.12. The van der Waals surface area contributed by atoms with Gasteiger partial charge in [0, 0.05) is 27.9 Å². The zero-order valence-electron chi connectivity index (χ0n) is 16.9. The van der Waals surface area contributed by atoms with Gasteiger partial charge in [-0.15, -0.1) is 0 Å². The van der Waals surface area contributed by atoms with Gasteiger partial charge in [0.05, 0.1) is 12.1 Å². The zero-order chi connectivity index (χ0) is 21.8. The Morgan fingerprint density at radius 3 is 2.26 bits per heavy atom. The molecule has 0 atom stereocenters. The lowest BCUT2D eigenvalue weighted by Gasteiger charge is -2.09. The highest BCUT2D eigenvalue weighted by Crippen LogP contribution is 2.19. The Hall–Kier alpha value is -3.70. The second-order valence-electron chi connectivity index (χ2n) is 7.15. The Morgan fingerprint density at radius 2 is 1.55 bits per heavy atom. The lowest BCUT2D eigenvalue weighted by atomic mass is 9.98. The second-order valence-corrected chi connectivity index (χ2v) is 7.59. The molecule has 0 fully saturated rings. The number of nitrogens with zero attached hydrogens (tertiary/aromatic N) is 2. The van der Waals surface area contributed by atoms with E-state index in [0.29, 0.717) is 28.5 Å². The molecule has 0 unspecified atom stereocenters. The molecular formula is C25H20ClN3O2. The molecule has 6 heteroatoms. The van der Waals surface area contributed by atoms with Gasteiger partial charge >= 0.3 is 0 Å². The predicted molar refractivity (Wildman–Crippen MR) is 122 cm³/mol. The number of amides is 1. The maximum atomic E-state index is 13.0. The quantitative estimate of drug-likeness (QED) is 0.419. The second kappa shape index (κ2) is 8.98. The molecule has 0 aliphatic heterocycles. The van der Waals surface area contributed by atoms with Gasteiger partial charge in [-0.05, 0) is 42.8 Å². The minimum absolute atomic E-state index is 0.242. The van der Waals surface area contributed by atoms with Crippen LogP contribution >= 0.6 is 11.6 Å². The van der Waals surface area contributed by atoms with E-state index in [9.17, 15) is 9.59 Å². The highest BCUT2D eigenvalue weighted by atomic mass is 35.5. The van der Waals surface area contributed by atoms with Crippen LogP contribution in [0.2, 0.25) is 5.02 Å². The third-order valence-corrected chi connectivity index (χ3v) is 5.17. The average molecular weight is 430 g/mol. The number of aromatic nitrogens is 2. The largest absolute Gasteiger partial charge is 0.305 e. The number of ketones is 1. The fraction of sp³-hybridized carbons (Fsp3) is 0.0800. The Morgan fingerprint density at radius 1 is 0.903 bits per heavy atom. The number of rotatable bonds is 6. The van der Waals surface area contributed by atoms with Crippen molar-refractivity contribution >= 4 is 29.1 Å². The molecule has 4 aromatic rings. The van der Waals surface area contributed by atoms with E-state index in [-0.39, 0.29) is 17.3 Å². The predicted octanol–water partition coefficient (Wildman–Crippen LogP) is 5.38. The van der Waals surface area contributed by atoms with Gasteiger partial charge in [-0.2, -0.15) is 5.10 Å². The van der Waals surface area contributed by atoms with Crippen LogP contribution in [0.5, 0.6) is 0 Å². The molecule has 0 saturated heterocycles. The first-order chi connectivity index (χ1) is 15.0. The molecule has 1 aromatic heterocycles. The molecule has 1 heterocycles. The van der Waals surface area contributed by atoms with E-state index in [2.05, 4.69) is 10.4 Å². The Labute approximate surface area is 185 Å². The summed E-state index contributed by atoms with van der Waals surface area (Å²) in [6.07, 6.45) is 0. The summed E-state index contributed by atoms with van der Waals surface area (Å²) in [7, 11) is 0. The lowest BCUT2D eigenvalue weighted by Crippen LogP contribution is -2.17. The van der Waals surface area contributed by atoms with Crippen molar-refractivity contribution in [1.82, 2.24) is 9.78 Å². The molecular weight excluding hydrogens is 410 g/mol. The summed E-state index contributed by atoms with van der Waals surface area (Å²) in [5.41, 5.74) is 3.11. The number of carbonyl (C=O) groups excluding carboxylic acids is 2. The van der Waals surface area contributed by atoms with Crippen molar-refractivity contribution in [3.63, 3.8) is 0 Å². The minimum atomic E-state index is -0.387. The van der Waals surface area contributed by atoms with Crippen LogP contribution < -0.4 is 5.32 Å². The van der Waals surface area contributed by atoms with Gasteiger partial charge in [0.15, 0.2) is 11.6 Å². The Balaban J connectivity index is 1.55. The number of hydrogen-bond acceptors (Lipinski definition) is 3. The van der Waals surface area contributed by atoms with Crippen molar-refractivity contribution in [1.29, 1.82) is 0 Å². The maximum absolute atomic E-state index is 13.0. The Kier molecular flexibility index (Phi) is 5.96. The van der Waals surface area contributed by atoms with E-state index >= 15 is 0 Å². The van der Waals surface area contributed by atoms with Gasteiger partial charge in [-0.3, -0.25) is 14.3 Å². The van der Waals surface area contributed by atoms with Crippen molar-refractivity contribution in [2.45, 2.75) is 13.5 Å². The van der Waals surface area contributed by atoms with Gasteiger partial charge < -0.3 is 5.32 Å². The SMILES string of the molecule is Cc1cc(NC(=O)c2ccccc2C(=O)c2ccc(Cl)cc2)nn1Cc1ccccc1. The first-order valence-corrected chi connectivity index (χ1v) is 10.2. The number of benzene rings is 3. The molecule has 0 bridgehead atoms. The molecule has 154 valence electrons. The molecule has 1 N–H and O–H groups in total. The highest BCUT2D eigenvalue weighted by molar-refractivity contribution is 6.30. The van der Waals surface area contributed by atoms with Crippen LogP contribution in [0.4, 0.5) is 5.82 Å². The smallest absolute Gasteiger partial charge is 0.257 e. The molecule has 31 heavy (non-hydrogen) atoms. The summed E-state index contributed by atoms with van der Waals surface area (Å²) in [5, 5.41) is 7.86.